The molecule has 144 valence electrons. The summed E-state index contributed by atoms with van der Waals surface area (Å²) >= 11 is 5.86. The number of benzene rings is 2. The Morgan fingerprint density at radius 2 is 1.67 bits per heavy atom. The number of hydrogen-bond acceptors (Lipinski definition) is 3. The summed E-state index contributed by atoms with van der Waals surface area (Å²) in [6, 6.07) is 15.5. The fourth-order valence-corrected chi connectivity index (χ4v) is 3.37. The van der Waals surface area contributed by atoms with Crippen LogP contribution in [-0.2, 0) is 17.9 Å². The second-order valence-electron chi connectivity index (χ2n) is 7.09. The van der Waals surface area contributed by atoms with Gasteiger partial charge in [-0.2, -0.15) is 0 Å². The molecule has 1 aliphatic rings. The minimum atomic E-state index is -0.565. The minimum Gasteiger partial charge on any atom is -0.481 e. The fraction of sp³-hybridized carbons (Fsp3) is 0.409. The van der Waals surface area contributed by atoms with Gasteiger partial charge in [-0.1, -0.05) is 42.3 Å². The Morgan fingerprint density at radius 1 is 1.04 bits per heavy atom. The molecule has 0 bridgehead atoms. The van der Waals surface area contributed by atoms with Crippen molar-refractivity contribution in [2.45, 2.75) is 45.4 Å². The van der Waals surface area contributed by atoms with Gasteiger partial charge >= 0.3 is 0 Å². The summed E-state index contributed by atoms with van der Waals surface area (Å²) in [6.45, 7) is 5.65. The van der Waals surface area contributed by atoms with Crippen LogP contribution in [0.3, 0.4) is 0 Å². The highest BCUT2D eigenvalue weighted by Gasteiger charge is 2.14. The summed E-state index contributed by atoms with van der Waals surface area (Å²) in [7, 11) is 0. The van der Waals surface area contributed by atoms with Crippen molar-refractivity contribution < 1.29 is 9.53 Å². The number of carbonyl (C=O) groups is 1. The average molecular weight is 387 g/mol. The van der Waals surface area contributed by atoms with Crippen molar-refractivity contribution in [2.75, 3.05) is 13.1 Å². The number of amides is 1. The van der Waals surface area contributed by atoms with Gasteiger partial charge in [-0.25, -0.2) is 0 Å². The second kappa shape index (κ2) is 9.77. The predicted molar refractivity (Wildman–Crippen MR) is 109 cm³/mol. The van der Waals surface area contributed by atoms with Gasteiger partial charge in [-0.15, -0.1) is 0 Å². The zero-order valence-corrected chi connectivity index (χ0v) is 16.5. The van der Waals surface area contributed by atoms with Crippen LogP contribution in [0.4, 0.5) is 0 Å². The molecule has 2 aromatic rings. The molecule has 0 radical (unpaired) electrons. The number of nitrogens with zero attached hydrogens (tertiary/aromatic N) is 1. The molecule has 1 atom stereocenters. The van der Waals surface area contributed by atoms with E-state index < -0.39 is 6.10 Å². The zero-order valence-electron chi connectivity index (χ0n) is 15.8. The van der Waals surface area contributed by atoms with Crippen molar-refractivity contribution >= 4 is 17.5 Å². The number of carbonyl (C=O) groups excluding carboxylic acids is 1. The van der Waals surface area contributed by atoms with Crippen LogP contribution in [0.2, 0.25) is 5.02 Å². The quantitative estimate of drug-likeness (QED) is 0.766. The topological polar surface area (TPSA) is 41.6 Å². The van der Waals surface area contributed by atoms with Gasteiger partial charge in [0.1, 0.15) is 5.75 Å². The number of ether oxygens (including phenoxy) is 1. The summed E-state index contributed by atoms with van der Waals surface area (Å²) in [6.07, 6.45) is 3.40. The maximum Gasteiger partial charge on any atom is 0.261 e. The highest BCUT2D eigenvalue weighted by molar-refractivity contribution is 6.30. The zero-order chi connectivity index (χ0) is 19.1. The monoisotopic (exact) mass is 386 g/mol. The molecule has 0 spiro atoms. The first kappa shape index (κ1) is 19.7. The van der Waals surface area contributed by atoms with Crippen molar-refractivity contribution in [1.29, 1.82) is 0 Å². The number of hydrogen-bond donors (Lipinski definition) is 1. The molecule has 5 heteroatoms. The van der Waals surface area contributed by atoms with Gasteiger partial charge in [-0.3, -0.25) is 9.69 Å². The number of nitrogens with one attached hydrogen (secondary N) is 1. The summed E-state index contributed by atoms with van der Waals surface area (Å²) in [5.74, 6) is 0.492. The Labute approximate surface area is 166 Å². The summed E-state index contributed by atoms with van der Waals surface area (Å²) in [5, 5.41) is 3.57. The molecule has 0 unspecified atom stereocenters. The van der Waals surface area contributed by atoms with E-state index in [-0.39, 0.29) is 5.91 Å². The van der Waals surface area contributed by atoms with Gasteiger partial charge in [0.25, 0.3) is 5.91 Å². The molecule has 1 fully saturated rings. The lowest BCUT2D eigenvalue weighted by Gasteiger charge is -2.26. The van der Waals surface area contributed by atoms with Crippen LogP contribution in [0.25, 0.3) is 0 Å². The van der Waals surface area contributed by atoms with Crippen molar-refractivity contribution in [3.8, 4) is 5.75 Å². The summed E-state index contributed by atoms with van der Waals surface area (Å²) < 4.78 is 5.65. The third kappa shape index (κ3) is 6.26. The molecule has 1 heterocycles. The van der Waals surface area contributed by atoms with Crippen molar-refractivity contribution in [2.24, 2.45) is 0 Å². The largest absolute Gasteiger partial charge is 0.481 e. The Hall–Kier alpha value is -2.04. The molecule has 0 aliphatic carbocycles. The van der Waals surface area contributed by atoms with Crippen molar-refractivity contribution in [1.82, 2.24) is 10.2 Å². The van der Waals surface area contributed by atoms with E-state index in [0.717, 1.165) is 12.1 Å². The Morgan fingerprint density at radius 3 is 2.33 bits per heavy atom. The van der Waals surface area contributed by atoms with E-state index in [1.54, 1.807) is 31.2 Å². The van der Waals surface area contributed by atoms with Crippen LogP contribution in [0.15, 0.2) is 48.5 Å². The first-order valence-corrected chi connectivity index (χ1v) is 9.98. The third-order valence-corrected chi connectivity index (χ3v) is 5.09. The van der Waals surface area contributed by atoms with Crippen LogP contribution in [0, 0.1) is 0 Å². The van der Waals surface area contributed by atoms with Gasteiger partial charge < -0.3 is 10.1 Å². The molecule has 3 rings (SSSR count). The lowest BCUT2D eigenvalue weighted by molar-refractivity contribution is -0.127. The molecule has 1 aliphatic heterocycles. The molecule has 1 saturated heterocycles. The molecular weight excluding hydrogens is 360 g/mol. The first-order chi connectivity index (χ1) is 13.1. The van der Waals surface area contributed by atoms with E-state index in [1.165, 1.54) is 37.9 Å². The highest BCUT2D eigenvalue weighted by Crippen LogP contribution is 2.17. The van der Waals surface area contributed by atoms with Crippen LogP contribution < -0.4 is 10.1 Å². The lowest BCUT2D eigenvalue weighted by atomic mass is 10.1. The van der Waals surface area contributed by atoms with Crippen LogP contribution in [-0.4, -0.2) is 30.0 Å². The average Bonchev–Trinajstić information content (AvgIpc) is 2.69. The molecule has 2 aromatic carbocycles. The van der Waals surface area contributed by atoms with Gasteiger partial charge in [0.2, 0.25) is 0 Å². The van der Waals surface area contributed by atoms with Crippen molar-refractivity contribution in [3.05, 3.63) is 64.7 Å². The molecular formula is C22H27ClN2O2. The first-order valence-electron chi connectivity index (χ1n) is 9.60. The van der Waals surface area contributed by atoms with E-state index in [4.69, 9.17) is 16.3 Å². The lowest BCUT2D eigenvalue weighted by Crippen LogP contribution is -2.35. The number of likely N-dealkylation sites (tertiary alicyclic amines) is 1. The Balaban J connectivity index is 1.44. The third-order valence-electron chi connectivity index (χ3n) is 4.84. The van der Waals surface area contributed by atoms with Crippen molar-refractivity contribution in [3.63, 3.8) is 0 Å². The molecule has 0 saturated carbocycles. The second-order valence-corrected chi connectivity index (χ2v) is 7.52. The van der Waals surface area contributed by atoms with E-state index in [1.807, 2.05) is 0 Å². The molecule has 27 heavy (non-hydrogen) atoms. The summed E-state index contributed by atoms with van der Waals surface area (Å²) in [5.41, 5.74) is 2.41. The highest BCUT2D eigenvalue weighted by atomic mass is 35.5. The smallest absolute Gasteiger partial charge is 0.261 e. The Kier molecular flexibility index (Phi) is 7.13. The number of rotatable bonds is 7. The fourth-order valence-electron chi connectivity index (χ4n) is 3.24. The molecule has 1 N–H and O–H groups in total. The van der Waals surface area contributed by atoms with Crippen LogP contribution >= 0.6 is 11.6 Å². The normalized spacial score (nSPS) is 15.9. The Bertz CT molecular complexity index is 725. The standard InChI is InChI=1S/C22H27ClN2O2/c1-17(27-21-11-9-20(23)10-12-21)22(26)24-15-18-5-7-19(8-6-18)16-25-13-3-2-4-14-25/h5-12,17H,2-4,13-16H2,1H3,(H,24,26)/t17-/m1/s1. The summed E-state index contributed by atoms with van der Waals surface area (Å²) in [4.78, 5) is 14.8. The molecule has 4 nitrogen and oxygen atoms in total. The van der Waals surface area contributed by atoms with E-state index in [2.05, 4.69) is 34.5 Å². The molecule has 0 aromatic heterocycles. The van der Waals surface area contributed by atoms with Gasteiger partial charge in [0, 0.05) is 18.1 Å². The number of halogens is 1. The van der Waals surface area contributed by atoms with E-state index >= 15 is 0 Å². The van der Waals surface area contributed by atoms with Crippen LogP contribution in [0.5, 0.6) is 5.75 Å². The van der Waals surface area contributed by atoms with Gasteiger partial charge in [0.05, 0.1) is 0 Å². The SMILES string of the molecule is C[C@@H](Oc1ccc(Cl)cc1)C(=O)NCc1ccc(CN2CCCCC2)cc1. The van der Waals surface area contributed by atoms with Crippen LogP contribution in [0.1, 0.15) is 37.3 Å². The van der Waals surface area contributed by atoms with E-state index in [9.17, 15) is 4.79 Å². The minimum absolute atomic E-state index is 0.137. The van der Waals surface area contributed by atoms with E-state index in [0.29, 0.717) is 17.3 Å². The van der Waals surface area contributed by atoms with Gasteiger partial charge in [-0.05, 0) is 68.2 Å². The predicted octanol–water partition coefficient (Wildman–Crippen LogP) is 4.41. The maximum absolute atomic E-state index is 12.2. The molecule has 1 amide bonds. The maximum atomic E-state index is 12.2. The van der Waals surface area contributed by atoms with Gasteiger partial charge in [0.15, 0.2) is 6.10 Å². The number of piperidine rings is 1.